The monoisotopic (exact) mass is 246 g/mol. The quantitative estimate of drug-likeness (QED) is 0.618. The van der Waals surface area contributed by atoms with Gasteiger partial charge in [-0.3, -0.25) is 0 Å². The van der Waals surface area contributed by atoms with Gasteiger partial charge in [0.05, 0.1) is 0 Å². The first-order valence-electron chi connectivity index (χ1n) is 3.84. The van der Waals surface area contributed by atoms with Crippen LogP contribution in [0.5, 0.6) is 0 Å². The number of rotatable bonds is 1. The fourth-order valence-corrected chi connectivity index (χ4v) is 0.899. The van der Waals surface area contributed by atoms with E-state index in [0.717, 1.165) is 4.47 Å². The van der Waals surface area contributed by atoms with E-state index in [4.69, 9.17) is 15.2 Å². The minimum atomic E-state index is -1.37. The first-order valence-corrected chi connectivity index (χ1v) is 4.63. The highest BCUT2D eigenvalue weighted by Gasteiger charge is 2.08. The van der Waals surface area contributed by atoms with Crippen LogP contribution in [0.15, 0.2) is 28.7 Å². The van der Waals surface area contributed by atoms with E-state index in [9.17, 15) is 0 Å². The summed E-state index contributed by atoms with van der Waals surface area (Å²) >= 11 is 3.23. The predicted octanol–water partition coefficient (Wildman–Crippen LogP) is 0.127. The molecule has 3 nitrogen and oxygen atoms in total. The lowest BCUT2D eigenvalue weighted by Gasteiger charge is -1.96. The molecule has 72 valence electrons. The first kappa shape index (κ1) is 12.6. The summed E-state index contributed by atoms with van der Waals surface area (Å²) in [6.45, 7) is 1.93. The molecule has 0 bridgehead atoms. The molecule has 0 aliphatic carbocycles. The molecule has 5 heteroatoms. The van der Waals surface area contributed by atoms with Crippen molar-refractivity contribution >= 4 is 28.5 Å². The number of aliphatic hydroxyl groups excluding tert-OH is 1. The van der Waals surface area contributed by atoms with Crippen LogP contribution >= 0.6 is 15.9 Å². The number of hydrogen-bond donors (Lipinski definition) is 3. The number of benzene rings is 1. The molecule has 0 unspecified atom stereocenters. The zero-order chi connectivity index (χ0) is 10.3. The van der Waals surface area contributed by atoms with Crippen LogP contribution in [0, 0.1) is 0 Å². The Morgan fingerprint density at radius 3 is 1.92 bits per heavy atom. The molecule has 0 aliphatic rings. The van der Waals surface area contributed by atoms with E-state index < -0.39 is 7.12 Å². The van der Waals surface area contributed by atoms with E-state index in [1.54, 1.807) is 31.2 Å². The minimum Gasteiger partial charge on any atom is -0.423 e. The highest BCUT2D eigenvalue weighted by molar-refractivity contribution is 9.10. The largest absolute Gasteiger partial charge is 0.488 e. The van der Waals surface area contributed by atoms with Gasteiger partial charge in [-0.2, -0.15) is 0 Å². The van der Waals surface area contributed by atoms with Gasteiger partial charge >= 0.3 is 7.12 Å². The van der Waals surface area contributed by atoms with Gasteiger partial charge < -0.3 is 15.2 Å². The molecule has 0 saturated carbocycles. The van der Waals surface area contributed by atoms with E-state index in [-0.39, 0.29) is 6.61 Å². The Hall–Kier alpha value is -0.355. The van der Waals surface area contributed by atoms with Crippen LogP contribution in [0.4, 0.5) is 0 Å². The predicted molar refractivity (Wildman–Crippen MR) is 56.7 cm³/mol. The summed E-state index contributed by atoms with van der Waals surface area (Å²) in [5, 5.41) is 24.9. The van der Waals surface area contributed by atoms with Gasteiger partial charge in [0.1, 0.15) is 0 Å². The zero-order valence-electron chi connectivity index (χ0n) is 7.31. The van der Waals surface area contributed by atoms with Gasteiger partial charge in [-0.15, -0.1) is 0 Å². The van der Waals surface area contributed by atoms with Gasteiger partial charge in [0.15, 0.2) is 0 Å². The fourth-order valence-electron chi connectivity index (χ4n) is 0.635. The molecule has 1 rings (SSSR count). The van der Waals surface area contributed by atoms with Crippen molar-refractivity contribution in [2.24, 2.45) is 0 Å². The third-order valence-electron chi connectivity index (χ3n) is 1.17. The maximum Gasteiger partial charge on any atom is 0.488 e. The van der Waals surface area contributed by atoms with Crippen molar-refractivity contribution in [1.82, 2.24) is 0 Å². The van der Waals surface area contributed by atoms with Crippen molar-refractivity contribution in [3.05, 3.63) is 28.7 Å². The minimum absolute atomic E-state index is 0.250. The second-order valence-electron chi connectivity index (χ2n) is 2.24. The van der Waals surface area contributed by atoms with Crippen molar-refractivity contribution in [3.63, 3.8) is 0 Å². The van der Waals surface area contributed by atoms with Crippen LogP contribution < -0.4 is 5.46 Å². The van der Waals surface area contributed by atoms with Crippen LogP contribution in [0.25, 0.3) is 0 Å². The Bertz CT molecular complexity index is 225. The molecule has 0 fully saturated rings. The fraction of sp³-hybridized carbons (Fsp3) is 0.250. The average molecular weight is 247 g/mol. The Morgan fingerprint density at radius 2 is 1.62 bits per heavy atom. The summed E-state index contributed by atoms with van der Waals surface area (Å²) in [4.78, 5) is 0. The van der Waals surface area contributed by atoms with Crippen molar-refractivity contribution in [2.75, 3.05) is 6.61 Å². The summed E-state index contributed by atoms with van der Waals surface area (Å²) in [5.74, 6) is 0. The normalized spacial score (nSPS) is 8.69. The summed E-state index contributed by atoms with van der Waals surface area (Å²) in [6, 6.07) is 6.81. The molecular formula is C8H12BBrO3. The van der Waals surface area contributed by atoms with E-state index >= 15 is 0 Å². The molecule has 0 atom stereocenters. The molecule has 0 heterocycles. The molecule has 0 radical (unpaired) electrons. The van der Waals surface area contributed by atoms with Crippen LogP contribution in [0.2, 0.25) is 0 Å². The van der Waals surface area contributed by atoms with Gasteiger partial charge in [-0.25, -0.2) is 0 Å². The molecule has 0 amide bonds. The van der Waals surface area contributed by atoms with Crippen molar-refractivity contribution < 1.29 is 15.2 Å². The Morgan fingerprint density at radius 1 is 1.23 bits per heavy atom. The number of hydrogen-bond acceptors (Lipinski definition) is 3. The third kappa shape index (κ3) is 5.82. The van der Waals surface area contributed by atoms with Crippen LogP contribution in [0.3, 0.4) is 0 Å². The van der Waals surface area contributed by atoms with Gasteiger partial charge in [-0.1, -0.05) is 28.1 Å². The number of halogens is 1. The summed E-state index contributed by atoms with van der Waals surface area (Å²) < 4.78 is 0.928. The van der Waals surface area contributed by atoms with E-state index in [2.05, 4.69) is 15.9 Å². The van der Waals surface area contributed by atoms with Gasteiger partial charge in [0.2, 0.25) is 0 Å². The first-order chi connectivity index (χ1) is 6.11. The third-order valence-corrected chi connectivity index (χ3v) is 1.70. The summed E-state index contributed by atoms with van der Waals surface area (Å²) in [7, 11) is -1.37. The molecule has 1 aromatic carbocycles. The molecule has 0 aliphatic heterocycles. The standard InChI is InChI=1S/C6H6BBrO2.C2H6O/c8-6-3-1-5(2-4-6)7(9)10;1-2-3/h1-4,9-10H;3H,2H2,1H3. The number of aliphatic hydroxyl groups is 1. The Balaban J connectivity index is 0.000000424. The second-order valence-corrected chi connectivity index (χ2v) is 3.16. The van der Waals surface area contributed by atoms with E-state index in [1.165, 1.54) is 0 Å². The molecule has 3 N–H and O–H groups in total. The SMILES string of the molecule is CCO.OB(O)c1ccc(Br)cc1. The van der Waals surface area contributed by atoms with E-state index in [1.807, 2.05) is 0 Å². The van der Waals surface area contributed by atoms with Crippen molar-refractivity contribution in [1.29, 1.82) is 0 Å². The lowest BCUT2D eigenvalue weighted by molar-refractivity contribution is 0.318. The van der Waals surface area contributed by atoms with Gasteiger partial charge in [-0.05, 0) is 24.5 Å². The van der Waals surface area contributed by atoms with Gasteiger partial charge in [0, 0.05) is 11.1 Å². The summed E-state index contributed by atoms with van der Waals surface area (Å²) in [6.07, 6.45) is 0. The zero-order valence-corrected chi connectivity index (χ0v) is 8.90. The van der Waals surface area contributed by atoms with Gasteiger partial charge in [0.25, 0.3) is 0 Å². The maximum absolute atomic E-state index is 8.65. The topological polar surface area (TPSA) is 60.7 Å². The molecule has 0 aromatic heterocycles. The average Bonchev–Trinajstić information content (AvgIpc) is 2.06. The highest BCUT2D eigenvalue weighted by Crippen LogP contribution is 2.04. The lowest BCUT2D eigenvalue weighted by atomic mass is 9.81. The Labute approximate surface area is 86.3 Å². The molecule has 1 aromatic rings. The lowest BCUT2D eigenvalue weighted by Crippen LogP contribution is -2.29. The van der Waals surface area contributed by atoms with Crippen molar-refractivity contribution in [2.45, 2.75) is 6.92 Å². The smallest absolute Gasteiger partial charge is 0.423 e. The van der Waals surface area contributed by atoms with E-state index in [0.29, 0.717) is 5.46 Å². The molecule has 13 heavy (non-hydrogen) atoms. The van der Waals surface area contributed by atoms with Crippen LogP contribution in [0.1, 0.15) is 6.92 Å². The molecule has 0 saturated heterocycles. The molecular weight excluding hydrogens is 235 g/mol. The van der Waals surface area contributed by atoms with Crippen LogP contribution in [-0.2, 0) is 0 Å². The Kier molecular flexibility index (Phi) is 6.89. The van der Waals surface area contributed by atoms with Crippen LogP contribution in [-0.4, -0.2) is 28.9 Å². The second kappa shape index (κ2) is 7.09. The van der Waals surface area contributed by atoms with Crippen molar-refractivity contribution in [3.8, 4) is 0 Å². The maximum atomic E-state index is 8.65. The highest BCUT2D eigenvalue weighted by atomic mass is 79.9. The summed E-state index contributed by atoms with van der Waals surface area (Å²) in [5.41, 5.74) is 0.503. The molecule has 0 spiro atoms.